The van der Waals surface area contributed by atoms with E-state index in [1.165, 1.54) is 35.6 Å². The molecule has 0 fully saturated rings. The SMILES string of the molecule is O=C(Oc1ccccc1/C=N\Nc1nc(-c2ccccc2)c(-c2ccccc2)s1)c1ccc([N+](=O)[O-])cc1. The number of thiazole rings is 1. The van der Waals surface area contributed by atoms with Crippen LogP contribution in [0.3, 0.4) is 0 Å². The van der Waals surface area contributed by atoms with Crippen LogP contribution in [0.2, 0.25) is 0 Å². The van der Waals surface area contributed by atoms with E-state index in [1.54, 1.807) is 30.5 Å². The van der Waals surface area contributed by atoms with E-state index in [1.807, 2.05) is 60.7 Å². The number of hydrazone groups is 1. The van der Waals surface area contributed by atoms with Crippen molar-refractivity contribution in [2.24, 2.45) is 5.10 Å². The lowest BCUT2D eigenvalue weighted by Crippen LogP contribution is -2.10. The molecule has 0 aliphatic heterocycles. The van der Waals surface area contributed by atoms with Crippen molar-refractivity contribution < 1.29 is 14.5 Å². The van der Waals surface area contributed by atoms with Crippen molar-refractivity contribution in [1.82, 2.24) is 4.98 Å². The number of nitrogens with zero attached hydrogens (tertiary/aromatic N) is 3. The van der Waals surface area contributed by atoms with E-state index in [9.17, 15) is 14.9 Å². The minimum atomic E-state index is -0.631. The molecule has 5 aromatic rings. The molecule has 0 saturated heterocycles. The number of ether oxygens (including phenoxy) is 1. The van der Waals surface area contributed by atoms with E-state index < -0.39 is 10.9 Å². The van der Waals surface area contributed by atoms with Crippen molar-refractivity contribution in [3.8, 4) is 27.4 Å². The van der Waals surface area contributed by atoms with Gasteiger partial charge in [-0.25, -0.2) is 9.78 Å². The molecule has 0 amide bonds. The third kappa shape index (κ3) is 5.63. The lowest BCUT2D eigenvalue weighted by Gasteiger charge is -2.07. The van der Waals surface area contributed by atoms with Crippen LogP contribution in [0.15, 0.2) is 114 Å². The number of carbonyl (C=O) groups is 1. The van der Waals surface area contributed by atoms with Crippen molar-refractivity contribution in [1.29, 1.82) is 0 Å². The maximum absolute atomic E-state index is 12.6. The second-order valence-corrected chi connectivity index (χ2v) is 9.03. The summed E-state index contributed by atoms with van der Waals surface area (Å²) in [6, 6.07) is 32.2. The largest absolute Gasteiger partial charge is 0.422 e. The highest BCUT2D eigenvalue weighted by Crippen LogP contribution is 2.38. The molecule has 9 heteroatoms. The molecule has 4 aromatic carbocycles. The Morgan fingerprint density at radius 3 is 2.18 bits per heavy atom. The minimum absolute atomic E-state index is 0.104. The van der Waals surface area contributed by atoms with Crippen LogP contribution in [0.4, 0.5) is 10.8 Å². The smallest absolute Gasteiger partial charge is 0.343 e. The molecule has 0 aliphatic rings. The zero-order valence-corrected chi connectivity index (χ0v) is 20.7. The minimum Gasteiger partial charge on any atom is -0.422 e. The normalized spacial score (nSPS) is 10.8. The predicted octanol–water partition coefficient (Wildman–Crippen LogP) is 7.05. The van der Waals surface area contributed by atoms with Crippen LogP contribution >= 0.6 is 11.3 Å². The van der Waals surface area contributed by atoms with Crippen LogP contribution in [0, 0.1) is 10.1 Å². The van der Waals surface area contributed by atoms with Crippen molar-refractivity contribution in [2.75, 3.05) is 5.43 Å². The lowest BCUT2D eigenvalue weighted by atomic mass is 10.1. The fourth-order valence-corrected chi connectivity index (χ4v) is 4.60. The summed E-state index contributed by atoms with van der Waals surface area (Å²) in [5.41, 5.74) is 6.58. The van der Waals surface area contributed by atoms with Gasteiger partial charge in [0.1, 0.15) is 5.75 Å². The van der Waals surface area contributed by atoms with Gasteiger partial charge < -0.3 is 4.74 Å². The maximum Gasteiger partial charge on any atom is 0.343 e. The molecule has 0 unspecified atom stereocenters. The quantitative estimate of drug-likeness (QED) is 0.0772. The Bertz CT molecular complexity index is 1540. The molecule has 186 valence electrons. The molecule has 0 saturated carbocycles. The van der Waals surface area contributed by atoms with Crippen molar-refractivity contribution in [3.05, 3.63) is 130 Å². The van der Waals surface area contributed by atoms with Crippen LogP contribution in [-0.2, 0) is 0 Å². The van der Waals surface area contributed by atoms with Gasteiger partial charge in [0.2, 0.25) is 5.13 Å². The molecular weight excluding hydrogens is 500 g/mol. The van der Waals surface area contributed by atoms with Gasteiger partial charge >= 0.3 is 5.97 Å². The number of hydrogen-bond donors (Lipinski definition) is 1. The van der Waals surface area contributed by atoms with Crippen LogP contribution in [0.1, 0.15) is 15.9 Å². The molecule has 0 atom stereocenters. The summed E-state index contributed by atoms with van der Waals surface area (Å²) in [5.74, 6) is -0.330. The van der Waals surface area contributed by atoms with E-state index in [-0.39, 0.29) is 11.3 Å². The molecule has 8 nitrogen and oxygen atoms in total. The Morgan fingerprint density at radius 1 is 0.868 bits per heavy atom. The van der Waals surface area contributed by atoms with Crippen molar-refractivity contribution >= 4 is 34.3 Å². The topological polar surface area (TPSA) is 107 Å². The van der Waals surface area contributed by atoms with E-state index >= 15 is 0 Å². The molecule has 1 aromatic heterocycles. The van der Waals surface area contributed by atoms with Gasteiger partial charge in [0.25, 0.3) is 5.69 Å². The average Bonchev–Trinajstić information content (AvgIpc) is 3.39. The number of hydrogen-bond acceptors (Lipinski definition) is 8. The van der Waals surface area contributed by atoms with Gasteiger partial charge in [-0.2, -0.15) is 5.10 Å². The Morgan fingerprint density at radius 2 is 1.50 bits per heavy atom. The fourth-order valence-electron chi connectivity index (χ4n) is 3.66. The van der Waals surface area contributed by atoms with Gasteiger partial charge in [-0.1, -0.05) is 84.1 Å². The van der Waals surface area contributed by atoms with Gasteiger partial charge in [0.05, 0.1) is 27.3 Å². The first-order chi connectivity index (χ1) is 18.6. The average molecular weight is 521 g/mol. The first kappa shape index (κ1) is 24.5. The van der Waals surface area contributed by atoms with Gasteiger partial charge in [-0.15, -0.1) is 0 Å². The molecule has 5 rings (SSSR count). The molecular formula is C29H20N4O4S. The van der Waals surface area contributed by atoms with Crippen molar-refractivity contribution in [3.63, 3.8) is 0 Å². The first-order valence-electron chi connectivity index (χ1n) is 11.5. The maximum atomic E-state index is 12.6. The number of benzene rings is 4. The summed E-state index contributed by atoms with van der Waals surface area (Å²) in [7, 11) is 0. The number of nitro groups is 1. The van der Waals surface area contributed by atoms with Crippen LogP contribution in [0.5, 0.6) is 5.75 Å². The third-order valence-electron chi connectivity index (χ3n) is 5.51. The van der Waals surface area contributed by atoms with E-state index in [0.717, 1.165) is 21.7 Å². The number of nitrogens with one attached hydrogen (secondary N) is 1. The number of anilines is 1. The number of aromatic nitrogens is 1. The van der Waals surface area contributed by atoms with Gasteiger partial charge in [-0.3, -0.25) is 15.5 Å². The van der Waals surface area contributed by atoms with E-state index in [4.69, 9.17) is 9.72 Å². The second-order valence-electron chi connectivity index (χ2n) is 8.03. The number of carbonyl (C=O) groups excluding carboxylic acids is 1. The highest BCUT2D eigenvalue weighted by atomic mass is 32.1. The zero-order chi connectivity index (χ0) is 26.3. The van der Waals surface area contributed by atoms with Crippen LogP contribution in [-0.4, -0.2) is 22.1 Å². The number of esters is 1. The monoisotopic (exact) mass is 520 g/mol. The molecule has 0 bridgehead atoms. The van der Waals surface area contributed by atoms with Crippen LogP contribution < -0.4 is 10.2 Å². The van der Waals surface area contributed by atoms with Gasteiger partial charge in [0, 0.05) is 23.3 Å². The fraction of sp³-hybridized carbons (Fsp3) is 0. The lowest BCUT2D eigenvalue weighted by molar-refractivity contribution is -0.384. The number of nitro benzene ring substituents is 1. The molecule has 0 spiro atoms. The molecule has 0 radical (unpaired) electrons. The van der Waals surface area contributed by atoms with Gasteiger partial charge in [-0.05, 0) is 29.8 Å². The number of rotatable bonds is 8. The highest BCUT2D eigenvalue weighted by molar-refractivity contribution is 7.19. The summed E-state index contributed by atoms with van der Waals surface area (Å²) in [6.07, 6.45) is 1.55. The molecule has 1 heterocycles. The Balaban J connectivity index is 1.35. The molecule has 38 heavy (non-hydrogen) atoms. The summed E-state index contributed by atoms with van der Waals surface area (Å²) in [5, 5.41) is 15.8. The first-order valence-corrected chi connectivity index (χ1v) is 12.4. The third-order valence-corrected chi connectivity index (χ3v) is 6.52. The van der Waals surface area contributed by atoms with Crippen LogP contribution in [0.25, 0.3) is 21.7 Å². The summed E-state index contributed by atoms with van der Waals surface area (Å²) < 4.78 is 5.53. The Hall–Kier alpha value is -5.15. The number of para-hydroxylation sites is 1. The molecule has 0 aliphatic carbocycles. The summed E-state index contributed by atoms with van der Waals surface area (Å²) in [4.78, 5) is 28.7. The Kier molecular flexibility index (Phi) is 7.28. The summed E-state index contributed by atoms with van der Waals surface area (Å²) >= 11 is 1.49. The zero-order valence-electron chi connectivity index (χ0n) is 19.9. The number of non-ortho nitro benzene ring substituents is 1. The highest BCUT2D eigenvalue weighted by Gasteiger charge is 2.15. The van der Waals surface area contributed by atoms with E-state index in [0.29, 0.717) is 16.4 Å². The second kappa shape index (κ2) is 11.3. The predicted molar refractivity (Wildman–Crippen MR) is 149 cm³/mol. The standard InChI is InChI=1S/C29H20N4O4S/c34-28(22-15-17-24(18-16-22)33(35)36)37-25-14-8-7-13-23(25)19-30-32-29-31-26(20-9-3-1-4-10-20)27(38-29)21-11-5-2-6-12-21/h1-19H,(H,31,32)/b30-19-. The summed E-state index contributed by atoms with van der Waals surface area (Å²) in [6.45, 7) is 0. The van der Waals surface area contributed by atoms with Crippen molar-refractivity contribution in [2.45, 2.75) is 0 Å². The Labute approximate surface area is 222 Å². The van der Waals surface area contributed by atoms with Gasteiger partial charge in [0.15, 0.2) is 0 Å². The van der Waals surface area contributed by atoms with E-state index in [2.05, 4.69) is 10.5 Å². The molecule has 1 N–H and O–H groups in total.